The Kier molecular flexibility index (Phi) is 9.98. The van der Waals surface area contributed by atoms with Crippen LogP contribution in [-0.4, -0.2) is 57.2 Å². The average Bonchev–Trinajstić information content (AvgIpc) is 2.50. The summed E-state index contributed by atoms with van der Waals surface area (Å²) in [7, 11) is -2.36. The molecule has 0 saturated heterocycles. The molecule has 0 aromatic rings. The van der Waals surface area contributed by atoms with Crippen molar-refractivity contribution < 1.29 is 27.5 Å². The van der Waals surface area contributed by atoms with Crippen LogP contribution in [0, 0.1) is 17.3 Å². The summed E-state index contributed by atoms with van der Waals surface area (Å²) in [6.07, 6.45) is 1.13. The normalized spacial score (nSPS) is 15.8. The highest BCUT2D eigenvalue weighted by Gasteiger charge is 2.41. The summed E-state index contributed by atoms with van der Waals surface area (Å²) in [4.78, 5) is 38.4. The lowest BCUT2D eigenvalue weighted by atomic mass is 9.84. The van der Waals surface area contributed by atoms with E-state index >= 15 is 0 Å². The topological polar surface area (TPSA) is 131 Å². The molecule has 0 radical (unpaired) electrons. The van der Waals surface area contributed by atoms with Crippen LogP contribution >= 0.6 is 0 Å². The van der Waals surface area contributed by atoms with Gasteiger partial charge in [0.15, 0.2) is 0 Å². The molecular weight excluding hydrogens is 410 g/mol. The molecule has 0 spiro atoms. The zero-order chi connectivity index (χ0) is 24.1. The molecule has 0 aromatic carbocycles. The molecular formula is C20H39N3O6S. The number of hydrogen-bond acceptors (Lipinski definition) is 6. The first kappa shape index (κ1) is 28.3. The van der Waals surface area contributed by atoms with Crippen molar-refractivity contribution in [3.8, 4) is 0 Å². The summed E-state index contributed by atoms with van der Waals surface area (Å²) in [6, 6.07) is -2.30. The zero-order valence-corrected chi connectivity index (χ0v) is 20.7. The molecule has 10 heteroatoms. The van der Waals surface area contributed by atoms with Crippen molar-refractivity contribution in [1.82, 2.24) is 15.4 Å². The highest BCUT2D eigenvalue weighted by Crippen LogP contribution is 2.24. The predicted molar refractivity (Wildman–Crippen MR) is 116 cm³/mol. The molecule has 3 atom stereocenters. The number of hydrogen-bond donors (Lipinski definition) is 3. The molecule has 0 rings (SSSR count). The van der Waals surface area contributed by atoms with Gasteiger partial charge in [-0.25, -0.2) is 13.1 Å². The number of ether oxygens (including phenoxy) is 1. The van der Waals surface area contributed by atoms with Crippen LogP contribution in [0.1, 0.15) is 61.8 Å². The van der Waals surface area contributed by atoms with E-state index in [9.17, 15) is 22.8 Å². The summed E-state index contributed by atoms with van der Waals surface area (Å²) < 4.78 is 31.5. The van der Waals surface area contributed by atoms with Crippen LogP contribution in [0.3, 0.4) is 0 Å². The summed E-state index contributed by atoms with van der Waals surface area (Å²) in [5.74, 6) is -2.92. The van der Waals surface area contributed by atoms with E-state index in [4.69, 9.17) is 4.74 Å². The fraction of sp³-hybridized carbons (Fsp3) is 0.850. The fourth-order valence-electron chi connectivity index (χ4n) is 2.86. The van der Waals surface area contributed by atoms with Crippen molar-refractivity contribution in [3.63, 3.8) is 0 Å². The molecule has 30 heavy (non-hydrogen) atoms. The second kappa shape index (κ2) is 10.6. The van der Waals surface area contributed by atoms with E-state index in [-0.39, 0.29) is 18.2 Å². The molecule has 2 amide bonds. The first-order valence-electron chi connectivity index (χ1n) is 10.0. The quantitative estimate of drug-likeness (QED) is 0.453. The number of rotatable bonds is 9. The molecule has 0 aliphatic carbocycles. The van der Waals surface area contributed by atoms with Crippen LogP contribution < -0.4 is 15.4 Å². The van der Waals surface area contributed by atoms with Gasteiger partial charge in [-0.2, -0.15) is 0 Å². The van der Waals surface area contributed by atoms with Crippen LogP contribution in [0.4, 0.5) is 0 Å². The standard InChI is InChI=1S/C20H39N3O6S/c1-12(2)11-13(16(24)22-15(17(25)21-9)19(3,4)5)14(23-30(10,27)28)18(26)29-20(6,7)8/h12-15,23H,11H2,1-10H3,(H,21,25)(H,22,24)/t13-,14+,15-/m1/s1. The van der Waals surface area contributed by atoms with Gasteiger partial charge in [0.05, 0.1) is 12.2 Å². The van der Waals surface area contributed by atoms with Crippen LogP contribution in [0.15, 0.2) is 0 Å². The maximum absolute atomic E-state index is 13.2. The number of carbonyl (C=O) groups is 3. The lowest BCUT2D eigenvalue weighted by Gasteiger charge is -2.34. The minimum atomic E-state index is -3.83. The molecule has 0 unspecified atom stereocenters. The molecule has 176 valence electrons. The minimum Gasteiger partial charge on any atom is -0.459 e. The van der Waals surface area contributed by atoms with Crippen molar-refractivity contribution in [2.75, 3.05) is 13.3 Å². The molecule has 0 fully saturated rings. The van der Waals surface area contributed by atoms with E-state index in [2.05, 4.69) is 15.4 Å². The molecule has 0 bridgehead atoms. The summed E-state index contributed by atoms with van der Waals surface area (Å²) in [5, 5.41) is 5.22. The molecule has 0 aliphatic heterocycles. The third kappa shape index (κ3) is 10.4. The summed E-state index contributed by atoms with van der Waals surface area (Å²) in [5.41, 5.74) is -1.48. The first-order valence-corrected chi connectivity index (χ1v) is 11.9. The van der Waals surface area contributed by atoms with Crippen molar-refractivity contribution >= 4 is 27.8 Å². The Hall–Kier alpha value is -1.68. The number of likely N-dealkylation sites (N-methyl/N-ethyl adjacent to an activating group) is 1. The summed E-state index contributed by atoms with van der Waals surface area (Å²) >= 11 is 0. The Morgan fingerprint density at radius 2 is 1.47 bits per heavy atom. The van der Waals surface area contributed by atoms with Crippen molar-refractivity contribution in [2.24, 2.45) is 17.3 Å². The van der Waals surface area contributed by atoms with E-state index in [1.807, 2.05) is 13.8 Å². The molecule has 9 nitrogen and oxygen atoms in total. The minimum absolute atomic E-state index is 0.0277. The van der Waals surface area contributed by atoms with Gasteiger partial charge in [0.25, 0.3) is 0 Å². The molecule has 0 aliphatic rings. The van der Waals surface area contributed by atoms with Gasteiger partial charge in [-0.3, -0.25) is 14.4 Å². The smallest absolute Gasteiger partial charge is 0.325 e. The van der Waals surface area contributed by atoms with Crippen LogP contribution in [0.25, 0.3) is 0 Å². The zero-order valence-electron chi connectivity index (χ0n) is 19.9. The van der Waals surface area contributed by atoms with Crippen molar-refractivity contribution in [3.05, 3.63) is 0 Å². The van der Waals surface area contributed by atoms with E-state index < -0.39 is 50.9 Å². The third-order valence-corrected chi connectivity index (χ3v) is 4.81. The number of amides is 2. The highest BCUT2D eigenvalue weighted by atomic mass is 32.2. The predicted octanol–water partition coefficient (Wildman–Crippen LogP) is 1.19. The Bertz CT molecular complexity index is 720. The monoisotopic (exact) mass is 449 g/mol. The fourth-order valence-corrected chi connectivity index (χ4v) is 3.58. The number of sulfonamides is 1. The van der Waals surface area contributed by atoms with Crippen molar-refractivity contribution in [1.29, 1.82) is 0 Å². The Balaban J connectivity index is 6.14. The van der Waals surface area contributed by atoms with Crippen LogP contribution in [0.5, 0.6) is 0 Å². The SMILES string of the molecule is CNC(=O)[C@@H](NC(=O)[C@H](CC(C)C)[C@H](NS(C)(=O)=O)C(=O)OC(C)(C)C)C(C)(C)C. The van der Waals surface area contributed by atoms with E-state index in [0.717, 1.165) is 6.26 Å². The second-order valence-electron chi connectivity index (χ2n) is 10.1. The lowest BCUT2D eigenvalue weighted by Crippen LogP contribution is -2.58. The Morgan fingerprint density at radius 3 is 1.80 bits per heavy atom. The maximum Gasteiger partial charge on any atom is 0.325 e. The average molecular weight is 450 g/mol. The largest absolute Gasteiger partial charge is 0.459 e. The van der Waals surface area contributed by atoms with Gasteiger partial charge in [-0.15, -0.1) is 0 Å². The Labute approximate surface area is 181 Å². The third-order valence-electron chi connectivity index (χ3n) is 4.13. The van der Waals surface area contributed by atoms with Gasteiger partial charge in [0, 0.05) is 7.05 Å². The molecule has 0 heterocycles. The number of carbonyl (C=O) groups excluding carboxylic acids is 3. The van der Waals surface area contributed by atoms with Gasteiger partial charge in [-0.05, 0) is 38.5 Å². The van der Waals surface area contributed by atoms with Gasteiger partial charge in [-0.1, -0.05) is 34.6 Å². The van der Waals surface area contributed by atoms with E-state index in [1.54, 1.807) is 41.5 Å². The second-order valence-corrected chi connectivity index (χ2v) is 11.8. The van der Waals surface area contributed by atoms with Gasteiger partial charge >= 0.3 is 5.97 Å². The van der Waals surface area contributed by atoms with Gasteiger partial charge in [0.1, 0.15) is 17.7 Å². The van der Waals surface area contributed by atoms with E-state index in [1.165, 1.54) is 7.05 Å². The van der Waals surface area contributed by atoms with E-state index in [0.29, 0.717) is 0 Å². The lowest BCUT2D eigenvalue weighted by molar-refractivity contribution is -0.160. The van der Waals surface area contributed by atoms with Crippen LogP contribution in [-0.2, 0) is 29.1 Å². The maximum atomic E-state index is 13.2. The molecule has 0 aromatic heterocycles. The van der Waals surface area contributed by atoms with Crippen LogP contribution in [0.2, 0.25) is 0 Å². The number of esters is 1. The van der Waals surface area contributed by atoms with Crippen molar-refractivity contribution in [2.45, 2.75) is 79.5 Å². The molecule has 0 saturated carbocycles. The molecule has 3 N–H and O–H groups in total. The van der Waals surface area contributed by atoms with Gasteiger partial charge in [0.2, 0.25) is 21.8 Å². The first-order chi connectivity index (χ1) is 13.3. The highest BCUT2D eigenvalue weighted by molar-refractivity contribution is 7.88. The van der Waals surface area contributed by atoms with Gasteiger partial charge < -0.3 is 15.4 Å². The Morgan fingerprint density at radius 1 is 0.967 bits per heavy atom. The summed E-state index contributed by atoms with van der Waals surface area (Å²) in [6.45, 7) is 14.1. The number of nitrogens with one attached hydrogen (secondary N) is 3.